The summed E-state index contributed by atoms with van der Waals surface area (Å²) in [5.74, 6) is -1.90. The van der Waals surface area contributed by atoms with E-state index in [1.165, 1.54) is 0 Å². The van der Waals surface area contributed by atoms with Gasteiger partial charge in [0.25, 0.3) is 11.8 Å². The predicted molar refractivity (Wildman–Crippen MR) is 118 cm³/mol. The number of benzene rings is 1. The first kappa shape index (κ1) is 21.8. The van der Waals surface area contributed by atoms with Crippen molar-refractivity contribution in [3.05, 3.63) is 41.2 Å². The zero-order valence-corrected chi connectivity index (χ0v) is 18.9. The van der Waals surface area contributed by atoms with Gasteiger partial charge in [0, 0.05) is 18.7 Å². The molecule has 3 heterocycles. The molecule has 2 aromatic rings. The number of carbonyl (C=O) groups is 4. The number of hydrogen-bond acceptors (Lipinski definition) is 7. The summed E-state index contributed by atoms with van der Waals surface area (Å²) in [6, 6.07) is 3.90. The summed E-state index contributed by atoms with van der Waals surface area (Å²) >= 11 is 12.1. The molecule has 2 N–H and O–H groups in total. The molecule has 12 heteroatoms. The van der Waals surface area contributed by atoms with Crippen LogP contribution in [0.15, 0.2) is 24.4 Å². The third kappa shape index (κ3) is 4.08. The summed E-state index contributed by atoms with van der Waals surface area (Å²) in [4.78, 5) is 50.7. The Hall–Kier alpha value is -2.98. The van der Waals surface area contributed by atoms with Crippen molar-refractivity contribution in [3.8, 4) is 0 Å². The van der Waals surface area contributed by atoms with Crippen LogP contribution in [0.1, 0.15) is 52.1 Å². The van der Waals surface area contributed by atoms with Gasteiger partial charge in [0.15, 0.2) is 0 Å². The lowest BCUT2D eigenvalue weighted by Crippen LogP contribution is -2.54. The normalized spacial score (nSPS) is 23.5. The van der Waals surface area contributed by atoms with E-state index in [9.17, 15) is 19.2 Å². The molecule has 2 fully saturated rings. The Kier molecular flexibility index (Phi) is 5.37. The van der Waals surface area contributed by atoms with E-state index in [1.54, 1.807) is 29.1 Å². The smallest absolute Gasteiger partial charge is 0.264 e. The van der Waals surface area contributed by atoms with Crippen LogP contribution in [0.4, 0.5) is 5.69 Å². The van der Waals surface area contributed by atoms with E-state index in [-0.39, 0.29) is 36.4 Å². The molecule has 172 valence electrons. The molecule has 3 aliphatic rings. The Bertz CT molecular complexity index is 1180. The number of amides is 4. The number of carbonyl (C=O) groups excluding carboxylic acids is 4. The molecule has 1 saturated heterocycles. The predicted octanol–water partition coefficient (Wildman–Crippen LogP) is 1.88. The van der Waals surface area contributed by atoms with E-state index in [0.717, 1.165) is 17.7 Å². The van der Waals surface area contributed by atoms with E-state index in [4.69, 9.17) is 23.2 Å². The second kappa shape index (κ2) is 8.11. The van der Waals surface area contributed by atoms with Crippen LogP contribution in [0.25, 0.3) is 0 Å². The molecular weight excluding hydrogens is 471 g/mol. The van der Waals surface area contributed by atoms with Gasteiger partial charge in [0.2, 0.25) is 11.8 Å². The molecule has 0 spiro atoms. The van der Waals surface area contributed by atoms with Gasteiger partial charge in [0.05, 0.1) is 23.9 Å². The van der Waals surface area contributed by atoms with E-state index in [0.29, 0.717) is 17.9 Å². The lowest BCUT2D eigenvalue weighted by atomic mass is 10.0. The van der Waals surface area contributed by atoms with Gasteiger partial charge < -0.3 is 5.32 Å². The molecule has 0 radical (unpaired) electrons. The highest BCUT2D eigenvalue weighted by molar-refractivity contribution is 6.50. The Morgan fingerprint density at radius 1 is 1.18 bits per heavy atom. The van der Waals surface area contributed by atoms with Crippen molar-refractivity contribution in [2.75, 3.05) is 5.32 Å². The molecule has 1 saturated carbocycles. The number of nitrogens with one attached hydrogen (secondary N) is 2. The summed E-state index contributed by atoms with van der Waals surface area (Å²) in [5.41, 5.74) is 1.54. The molecule has 33 heavy (non-hydrogen) atoms. The standard InChI is InChI=1S/C21H20Cl2N6O4/c22-21(23)8-11(21)6-7-28-10-12(26-27-28)9-24-14-3-1-2-13-17(14)20(33)29(19(13)32)15-4-5-16(30)25-18(15)31/h1-3,10-11,15,24H,4-9H2,(H,25,30,31). The fourth-order valence-corrected chi connectivity index (χ4v) is 4.84. The topological polar surface area (TPSA) is 126 Å². The van der Waals surface area contributed by atoms with E-state index in [2.05, 4.69) is 20.9 Å². The van der Waals surface area contributed by atoms with Crippen LogP contribution >= 0.6 is 23.2 Å². The Morgan fingerprint density at radius 2 is 1.97 bits per heavy atom. The third-order valence-electron chi connectivity index (χ3n) is 6.18. The van der Waals surface area contributed by atoms with Gasteiger partial charge in [-0.05, 0) is 37.3 Å². The van der Waals surface area contributed by atoms with Gasteiger partial charge >= 0.3 is 0 Å². The van der Waals surface area contributed by atoms with Crippen molar-refractivity contribution in [3.63, 3.8) is 0 Å². The Balaban J connectivity index is 1.27. The molecular formula is C21H20Cl2N6O4. The van der Waals surface area contributed by atoms with Crippen molar-refractivity contribution < 1.29 is 19.2 Å². The first-order chi connectivity index (χ1) is 15.7. The number of anilines is 1. The minimum atomic E-state index is -1.01. The number of nitrogens with zero attached hydrogens (tertiary/aromatic N) is 4. The number of fused-ring (bicyclic) bond motifs is 1. The first-order valence-electron chi connectivity index (χ1n) is 10.6. The van der Waals surface area contributed by atoms with Crippen LogP contribution in [-0.4, -0.2) is 53.9 Å². The molecule has 0 bridgehead atoms. The molecule has 4 amide bonds. The van der Waals surface area contributed by atoms with Gasteiger partial charge in [-0.2, -0.15) is 0 Å². The minimum absolute atomic E-state index is 0.0715. The fourth-order valence-electron chi connectivity index (χ4n) is 4.25. The fraction of sp³-hybridized carbons (Fsp3) is 0.429. The van der Waals surface area contributed by atoms with Gasteiger partial charge in [0.1, 0.15) is 16.1 Å². The highest BCUT2D eigenvalue weighted by atomic mass is 35.5. The number of halogens is 2. The van der Waals surface area contributed by atoms with Crippen molar-refractivity contribution >= 4 is 52.5 Å². The Labute approximate surface area is 198 Å². The lowest BCUT2D eigenvalue weighted by molar-refractivity contribution is -0.136. The van der Waals surface area contributed by atoms with Gasteiger partial charge in [-0.1, -0.05) is 11.3 Å². The van der Waals surface area contributed by atoms with Crippen LogP contribution in [0.3, 0.4) is 0 Å². The maximum atomic E-state index is 13.1. The lowest BCUT2D eigenvalue weighted by Gasteiger charge is -2.27. The van der Waals surface area contributed by atoms with Crippen molar-refractivity contribution in [2.45, 2.75) is 49.1 Å². The van der Waals surface area contributed by atoms with Gasteiger partial charge in [-0.25, -0.2) is 0 Å². The second-order valence-electron chi connectivity index (χ2n) is 8.45. The number of aromatic nitrogens is 3. The molecule has 1 aromatic heterocycles. The second-order valence-corrected chi connectivity index (χ2v) is 9.99. The van der Waals surface area contributed by atoms with Crippen molar-refractivity contribution in [1.82, 2.24) is 25.2 Å². The first-order valence-corrected chi connectivity index (χ1v) is 11.4. The van der Waals surface area contributed by atoms with Crippen LogP contribution < -0.4 is 10.6 Å². The van der Waals surface area contributed by atoms with Crippen LogP contribution in [-0.2, 0) is 22.7 Å². The zero-order valence-electron chi connectivity index (χ0n) is 17.4. The maximum Gasteiger partial charge on any atom is 0.264 e. The quantitative estimate of drug-likeness (QED) is 0.447. The molecule has 5 rings (SSSR count). The highest BCUT2D eigenvalue weighted by Crippen LogP contribution is 2.55. The minimum Gasteiger partial charge on any atom is -0.379 e. The average Bonchev–Trinajstić information content (AvgIpc) is 3.08. The molecule has 1 aromatic carbocycles. The van der Waals surface area contributed by atoms with Crippen LogP contribution in [0.2, 0.25) is 0 Å². The van der Waals surface area contributed by atoms with E-state index >= 15 is 0 Å². The number of alkyl halides is 2. The van der Waals surface area contributed by atoms with Crippen molar-refractivity contribution in [2.24, 2.45) is 5.92 Å². The zero-order chi connectivity index (χ0) is 23.3. The van der Waals surface area contributed by atoms with E-state index in [1.807, 2.05) is 0 Å². The third-order valence-corrected chi connectivity index (χ3v) is 7.10. The number of piperidine rings is 1. The summed E-state index contributed by atoms with van der Waals surface area (Å²) in [6.45, 7) is 0.933. The Morgan fingerprint density at radius 3 is 2.70 bits per heavy atom. The molecule has 2 aliphatic heterocycles. The molecule has 2 unspecified atom stereocenters. The van der Waals surface area contributed by atoms with Crippen LogP contribution in [0.5, 0.6) is 0 Å². The van der Waals surface area contributed by atoms with Crippen molar-refractivity contribution in [1.29, 1.82) is 0 Å². The summed E-state index contributed by atoms with van der Waals surface area (Å²) in [5, 5.41) is 13.6. The largest absolute Gasteiger partial charge is 0.379 e. The van der Waals surface area contributed by atoms with E-state index < -0.39 is 34.0 Å². The number of hydrogen-bond donors (Lipinski definition) is 2. The summed E-state index contributed by atoms with van der Waals surface area (Å²) in [6.07, 6.45) is 3.56. The summed E-state index contributed by atoms with van der Waals surface area (Å²) < 4.78 is 1.10. The molecule has 2 atom stereocenters. The number of rotatable bonds is 7. The van der Waals surface area contributed by atoms with Gasteiger partial charge in [-0.3, -0.25) is 34.1 Å². The summed E-state index contributed by atoms with van der Waals surface area (Å²) in [7, 11) is 0. The monoisotopic (exact) mass is 490 g/mol. The molecule has 1 aliphatic carbocycles. The highest BCUT2D eigenvalue weighted by Gasteiger charge is 2.51. The average molecular weight is 491 g/mol. The maximum absolute atomic E-state index is 13.1. The van der Waals surface area contributed by atoms with Gasteiger partial charge in [-0.15, -0.1) is 28.3 Å². The van der Waals surface area contributed by atoms with Crippen LogP contribution in [0, 0.1) is 5.92 Å². The number of imide groups is 2. The SMILES string of the molecule is O=C1CCC(N2C(=O)c3cccc(NCc4cn(CCC5CC5(Cl)Cl)nn4)c3C2=O)C(=O)N1. The molecule has 10 nitrogen and oxygen atoms in total. The number of aryl methyl sites for hydroxylation is 1.